The van der Waals surface area contributed by atoms with Crippen LogP contribution in [-0.2, 0) is 0 Å². The van der Waals surface area contributed by atoms with Crippen LogP contribution in [0.5, 0.6) is 11.5 Å². The second kappa shape index (κ2) is 5.30. The highest BCUT2D eigenvalue weighted by atomic mass is 35.5. The minimum Gasteiger partial charge on any atom is -0.456 e. The van der Waals surface area contributed by atoms with E-state index in [2.05, 4.69) is 6.07 Å². The summed E-state index contributed by atoms with van der Waals surface area (Å²) in [7, 11) is 0. The number of nitriles is 1. The fourth-order valence-electron chi connectivity index (χ4n) is 1.58. The molecule has 0 aliphatic heterocycles. The molecule has 4 heteroatoms. The van der Waals surface area contributed by atoms with E-state index in [1.54, 1.807) is 24.3 Å². The van der Waals surface area contributed by atoms with E-state index < -0.39 is 0 Å². The molecule has 0 spiro atoms. The molecule has 2 aromatic rings. The van der Waals surface area contributed by atoms with Crippen LogP contribution >= 0.6 is 23.2 Å². The molecule has 0 atom stereocenters. The normalized spacial score (nSPS) is 9.89. The van der Waals surface area contributed by atoms with Gasteiger partial charge in [-0.2, -0.15) is 5.26 Å². The third-order valence-corrected chi connectivity index (χ3v) is 2.82. The minimum atomic E-state index is 0.478. The Morgan fingerprint density at radius 3 is 2.39 bits per heavy atom. The van der Waals surface area contributed by atoms with E-state index in [0.29, 0.717) is 27.1 Å². The Balaban J connectivity index is 2.43. The van der Waals surface area contributed by atoms with E-state index in [0.717, 1.165) is 5.56 Å². The predicted octanol–water partition coefficient (Wildman–Crippen LogP) is 4.97. The van der Waals surface area contributed by atoms with Crippen molar-refractivity contribution in [1.29, 1.82) is 5.26 Å². The Hall–Kier alpha value is -1.69. The molecule has 0 N–H and O–H groups in total. The number of hydrogen-bond acceptors (Lipinski definition) is 2. The highest BCUT2D eigenvalue weighted by molar-refractivity contribution is 6.34. The summed E-state index contributed by atoms with van der Waals surface area (Å²) in [5.41, 5.74) is 1.36. The molecule has 0 aliphatic carbocycles. The molecular weight excluding hydrogens is 269 g/mol. The fraction of sp³-hybridized carbons (Fsp3) is 0.0714. The van der Waals surface area contributed by atoms with Gasteiger partial charge in [0.25, 0.3) is 0 Å². The zero-order valence-electron chi connectivity index (χ0n) is 9.58. The van der Waals surface area contributed by atoms with Crippen molar-refractivity contribution in [3.63, 3.8) is 0 Å². The molecule has 2 aromatic carbocycles. The third-order valence-electron chi connectivity index (χ3n) is 2.39. The first kappa shape index (κ1) is 12.8. The van der Waals surface area contributed by atoms with Gasteiger partial charge in [-0.15, -0.1) is 0 Å². The van der Waals surface area contributed by atoms with Crippen LogP contribution in [0.3, 0.4) is 0 Å². The molecule has 0 saturated carbocycles. The van der Waals surface area contributed by atoms with Gasteiger partial charge in [-0.05, 0) is 36.8 Å². The van der Waals surface area contributed by atoms with Crippen molar-refractivity contribution in [3.05, 3.63) is 57.6 Å². The first-order valence-corrected chi connectivity index (χ1v) is 5.99. The Bertz CT molecular complexity index is 612. The van der Waals surface area contributed by atoms with Crippen LogP contribution in [0.1, 0.15) is 11.1 Å². The molecular formula is C14H9Cl2NO. The fourth-order valence-corrected chi connectivity index (χ4v) is 2.09. The lowest BCUT2D eigenvalue weighted by Crippen LogP contribution is -1.91. The van der Waals surface area contributed by atoms with Gasteiger partial charge in [-0.3, -0.25) is 0 Å². The molecule has 0 saturated heterocycles. The summed E-state index contributed by atoms with van der Waals surface area (Å²) >= 11 is 11.8. The van der Waals surface area contributed by atoms with Crippen molar-refractivity contribution < 1.29 is 4.74 Å². The van der Waals surface area contributed by atoms with Crippen LogP contribution in [0.15, 0.2) is 36.4 Å². The number of aryl methyl sites for hydroxylation is 1. The van der Waals surface area contributed by atoms with Crippen molar-refractivity contribution in [3.8, 4) is 17.6 Å². The Morgan fingerprint density at radius 1 is 1.11 bits per heavy atom. The summed E-state index contributed by atoms with van der Waals surface area (Å²) in [4.78, 5) is 0. The second-order valence-electron chi connectivity index (χ2n) is 3.77. The molecule has 0 heterocycles. The molecule has 18 heavy (non-hydrogen) atoms. The van der Waals surface area contributed by atoms with Crippen molar-refractivity contribution in [2.75, 3.05) is 0 Å². The monoisotopic (exact) mass is 277 g/mol. The van der Waals surface area contributed by atoms with Gasteiger partial charge in [0.1, 0.15) is 17.6 Å². The van der Waals surface area contributed by atoms with Crippen molar-refractivity contribution in [1.82, 2.24) is 0 Å². The largest absolute Gasteiger partial charge is 0.456 e. The Labute approximate surface area is 115 Å². The molecule has 90 valence electrons. The van der Waals surface area contributed by atoms with Gasteiger partial charge in [0.05, 0.1) is 5.56 Å². The van der Waals surface area contributed by atoms with Gasteiger partial charge in [0.2, 0.25) is 0 Å². The summed E-state index contributed by atoms with van der Waals surface area (Å²) < 4.78 is 5.70. The van der Waals surface area contributed by atoms with Crippen molar-refractivity contribution in [2.24, 2.45) is 0 Å². The SMILES string of the molecule is Cc1cccc(C#N)c1Oc1cc(Cl)cc(Cl)c1. The summed E-state index contributed by atoms with van der Waals surface area (Å²) in [5.74, 6) is 1.04. The zero-order chi connectivity index (χ0) is 13.1. The van der Waals surface area contributed by atoms with E-state index in [1.165, 1.54) is 0 Å². The maximum absolute atomic E-state index is 9.05. The highest BCUT2D eigenvalue weighted by Gasteiger charge is 2.08. The molecule has 0 aromatic heterocycles. The lowest BCUT2D eigenvalue weighted by Gasteiger charge is -2.10. The number of para-hydroxylation sites is 1. The number of halogens is 2. The summed E-state index contributed by atoms with van der Waals surface area (Å²) in [6.07, 6.45) is 0. The standard InChI is InChI=1S/C14H9Cl2NO/c1-9-3-2-4-10(8-17)14(9)18-13-6-11(15)5-12(16)7-13/h2-7H,1H3. The average Bonchev–Trinajstić information content (AvgIpc) is 2.30. The van der Waals surface area contributed by atoms with E-state index in [-0.39, 0.29) is 0 Å². The van der Waals surface area contributed by atoms with E-state index >= 15 is 0 Å². The van der Waals surface area contributed by atoms with Gasteiger partial charge >= 0.3 is 0 Å². The second-order valence-corrected chi connectivity index (χ2v) is 4.64. The number of hydrogen-bond donors (Lipinski definition) is 0. The molecule has 0 bridgehead atoms. The van der Waals surface area contributed by atoms with Gasteiger partial charge in [0.15, 0.2) is 0 Å². The molecule has 0 radical (unpaired) electrons. The number of rotatable bonds is 2. The quantitative estimate of drug-likeness (QED) is 0.777. The van der Waals surface area contributed by atoms with Crippen LogP contribution in [0.2, 0.25) is 10.0 Å². The Morgan fingerprint density at radius 2 is 1.78 bits per heavy atom. The van der Waals surface area contributed by atoms with Gasteiger partial charge < -0.3 is 4.74 Å². The molecule has 0 fully saturated rings. The van der Waals surface area contributed by atoms with Gasteiger partial charge in [-0.1, -0.05) is 35.3 Å². The first-order chi connectivity index (χ1) is 8.60. The molecule has 2 nitrogen and oxygen atoms in total. The maximum Gasteiger partial charge on any atom is 0.148 e. The zero-order valence-corrected chi connectivity index (χ0v) is 11.1. The first-order valence-electron chi connectivity index (χ1n) is 5.24. The summed E-state index contributed by atoms with van der Waals surface area (Å²) in [6, 6.07) is 12.4. The van der Waals surface area contributed by atoms with Crippen LogP contribution in [-0.4, -0.2) is 0 Å². The minimum absolute atomic E-state index is 0.478. The lowest BCUT2D eigenvalue weighted by molar-refractivity contribution is 0.477. The van der Waals surface area contributed by atoms with Crippen LogP contribution < -0.4 is 4.74 Å². The van der Waals surface area contributed by atoms with Crippen LogP contribution in [0, 0.1) is 18.3 Å². The molecule has 2 rings (SSSR count). The van der Waals surface area contributed by atoms with E-state index in [9.17, 15) is 0 Å². The van der Waals surface area contributed by atoms with Crippen molar-refractivity contribution in [2.45, 2.75) is 6.92 Å². The number of ether oxygens (including phenoxy) is 1. The van der Waals surface area contributed by atoms with Crippen LogP contribution in [0.25, 0.3) is 0 Å². The number of benzene rings is 2. The third kappa shape index (κ3) is 2.76. The van der Waals surface area contributed by atoms with E-state index in [1.807, 2.05) is 19.1 Å². The molecule has 0 aliphatic rings. The maximum atomic E-state index is 9.05. The lowest BCUT2D eigenvalue weighted by atomic mass is 10.1. The number of nitrogens with zero attached hydrogens (tertiary/aromatic N) is 1. The van der Waals surface area contributed by atoms with E-state index in [4.69, 9.17) is 33.2 Å². The van der Waals surface area contributed by atoms with Gasteiger partial charge in [-0.25, -0.2) is 0 Å². The topological polar surface area (TPSA) is 33.0 Å². The van der Waals surface area contributed by atoms with Crippen LogP contribution in [0.4, 0.5) is 0 Å². The average molecular weight is 278 g/mol. The highest BCUT2D eigenvalue weighted by Crippen LogP contribution is 2.32. The Kier molecular flexibility index (Phi) is 3.76. The molecule has 0 unspecified atom stereocenters. The molecule has 0 amide bonds. The van der Waals surface area contributed by atoms with Crippen molar-refractivity contribution >= 4 is 23.2 Å². The van der Waals surface area contributed by atoms with Gasteiger partial charge in [0, 0.05) is 10.0 Å². The summed E-state index contributed by atoms with van der Waals surface area (Å²) in [5, 5.41) is 10.0. The smallest absolute Gasteiger partial charge is 0.148 e. The summed E-state index contributed by atoms with van der Waals surface area (Å²) in [6.45, 7) is 1.88. The predicted molar refractivity (Wildman–Crippen MR) is 72.4 cm³/mol.